The molecule has 150 valence electrons. The lowest BCUT2D eigenvalue weighted by atomic mass is 10.1. The van der Waals surface area contributed by atoms with Crippen molar-refractivity contribution < 1.29 is 17.6 Å². The smallest absolute Gasteiger partial charge is 0.416 e. The molecule has 0 atom stereocenters. The molecule has 0 saturated carbocycles. The van der Waals surface area contributed by atoms with Gasteiger partial charge in [0, 0.05) is 23.7 Å². The number of hydrogen-bond acceptors (Lipinski definition) is 6. The zero-order chi connectivity index (χ0) is 20.6. The highest BCUT2D eigenvalue weighted by Gasteiger charge is 2.30. The van der Waals surface area contributed by atoms with E-state index in [1.165, 1.54) is 35.2 Å². The maximum atomic E-state index is 12.7. The van der Waals surface area contributed by atoms with Gasteiger partial charge in [0.05, 0.1) is 23.1 Å². The summed E-state index contributed by atoms with van der Waals surface area (Å²) in [7, 11) is 1.89. The molecule has 3 aromatic heterocycles. The van der Waals surface area contributed by atoms with Crippen LogP contribution >= 0.6 is 23.1 Å². The lowest BCUT2D eigenvalue weighted by Gasteiger charge is -2.06. The van der Waals surface area contributed by atoms with Gasteiger partial charge in [-0.2, -0.15) is 13.2 Å². The number of hydrogen-bond donors (Lipinski definition) is 0. The SMILES string of the molecule is Cc1occc1-c1nnc(SCc2csc(-c3ccc(C(F)(F)F)cc3)n2)n1C. The number of nitrogens with zero attached hydrogens (tertiary/aromatic N) is 4. The molecule has 0 aliphatic heterocycles. The van der Waals surface area contributed by atoms with E-state index in [2.05, 4.69) is 15.2 Å². The van der Waals surface area contributed by atoms with Crippen molar-refractivity contribution in [1.82, 2.24) is 19.7 Å². The molecule has 0 radical (unpaired) electrons. The van der Waals surface area contributed by atoms with E-state index in [-0.39, 0.29) is 0 Å². The lowest BCUT2D eigenvalue weighted by molar-refractivity contribution is -0.137. The number of halogens is 3. The van der Waals surface area contributed by atoms with Crippen molar-refractivity contribution in [3.8, 4) is 22.0 Å². The van der Waals surface area contributed by atoms with Crippen LogP contribution in [-0.4, -0.2) is 19.7 Å². The van der Waals surface area contributed by atoms with Crippen molar-refractivity contribution in [2.75, 3.05) is 0 Å². The normalized spacial score (nSPS) is 11.9. The van der Waals surface area contributed by atoms with E-state index >= 15 is 0 Å². The molecule has 3 heterocycles. The molecule has 0 saturated heterocycles. The summed E-state index contributed by atoms with van der Waals surface area (Å²) in [5, 5.41) is 11.8. The highest BCUT2D eigenvalue weighted by molar-refractivity contribution is 7.98. The van der Waals surface area contributed by atoms with E-state index in [1.807, 2.05) is 30.0 Å². The molecular formula is C19H15F3N4OS2. The summed E-state index contributed by atoms with van der Waals surface area (Å²) in [6.07, 6.45) is -2.72. The summed E-state index contributed by atoms with van der Waals surface area (Å²) in [6, 6.07) is 6.89. The molecule has 0 aliphatic carbocycles. The van der Waals surface area contributed by atoms with E-state index in [4.69, 9.17) is 4.42 Å². The van der Waals surface area contributed by atoms with E-state index in [0.29, 0.717) is 16.3 Å². The van der Waals surface area contributed by atoms with Crippen LogP contribution in [0.2, 0.25) is 0 Å². The maximum Gasteiger partial charge on any atom is 0.416 e. The average molecular weight is 436 g/mol. The Morgan fingerprint density at radius 1 is 1.14 bits per heavy atom. The van der Waals surface area contributed by atoms with Crippen molar-refractivity contribution in [2.45, 2.75) is 24.0 Å². The minimum Gasteiger partial charge on any atom is -0.469 e. The highest BCUT2D eigenvalue weighted by Crippen LogP contribution is 2.33. The van der Waals surface area contributed by atoms with Crippen molar-refractivity contribution in [2.24, 2.45) is 7.05 Å². The molecule has 0 amide bonds. The molecule has 10 heteroatoms. The van der Waals surface area contributed by atoms with Crippen LogP contribution in [0, 0.1) is 6.92 Å². The van der Waals surface area contributed by atoms with Gasteiger partial charge in [-0.3, -0.25) is 0 Å². The Kier molecular flexibility index (Phi) is 5.22. The quantitative estimate of drug-likeness (QED) is 0.369. The number of thioether (sulfide) groups is 1. The molecule has 4 rings (SSSR count). The van der Waals surface area contributed by atoms with Gasteiger partial charge in [0.15, 0.2) is 11.0 Å². The zero-order valence-corrected chi connectivity index (χ0v) is 17.0. The Labute approximate surface area is 172 Å². The number of benzene rings is 1. The summed E-state index contributed by atoms with van der Waals surface area (Å²) < 4.78 is 45.3. The summed E-state index contributed by atoms with van der Waals surface area (Å²) in [5.74, 6) is 2.08. The van der Waals surface area contributed by atoms with Crippen LogP contribution in [-0.2, 0) is 19.0 Å². The third-order valence-corrected chi connectivity index (χ3v) is 6.29. The second kappa shape index (κ2) is 7.68. The fourth-order valence-electron chi connectivity index (χ4n) is 2.74. The predicted octanol–water partition coefficient (Wildman–Crippen LogP) is 5.82. The molecule has 0 spiro atoms. The minimum atomic E-state index is -4.34. The first-order valence-corrected chi connectivity index (χ1v) is 10.4. The predicted molar refractivity (Wildman–Crippen MR) is 106 cm³/mol. The first kappa shape index (κ1) is 19.7. The number of aromatic nitrogens is 4. The molecule has 0 unspecified atom stereocenters. The Morgan fingerprint density at radius 3 is 2.55 bits per heavy atom. The second-order valence-corrected chi connectivity index (χ2v) is 8.06. The van der Waals surface area contributed by atoms with Crippen LogP contribution in [0.4, 0.5) is 13.2 Å². The molecular weight excluding hydrogens is 421 g/mol. The molecule has 1 aromatic carbocycles. The first-order valence-electron chi connectivity index (χ1n) is 8.51. The molecule has 29 heavy (non-hydrogen) atoms. The lowest BCUT2D eigenvalue weighted by Crippen LogP contribution is -2.03. The van der Waals surface area contributed by atoms with Crippen LogP contribution in [0.25, 0.3) is 22.0 Å². The largest absolute Gasteiger partial charge is 0.469 e. The van der Waals surface area contributed by atoms with Crippen molar-refractivity contribution in [3.05, 3.63) is 59.0 Å². The second-order valence-electron chi connectivity index (χ2n) is 6.26. The van der Waals surface area contributed by atoms with Gasteiger partial charge in [-0.1, -0.05) is 23.9 Å². The Balaban J connectivity index is 1.45. The molecule has 0 aliphatic rings. The van der Waals surface area contributed by atoms with Crippen LogP contribution in [0.1, 0.15) is 17.0 Å². The van der Waals surface area contributed by atoms with Gasteiger partial charge in [-0.15, -0.1) is 21.5 Å². The molecule has 4 aromatic rings. The van der Waals surface area contributed by atoms with Crippen LogP contribution in [0.5, 0.6) is 0 Å². The van der Waals surface area contributed by atoms with Crippen LogP contribution in [0.15, 0.2) is 51.5 Å². The summed E-state index contributed by atoms with van der Waals surface area (Å²) in [6.45, 7) is 1.87. The number of rotatable bonds is 5. The van der Waals surface area contributed by atoms with Gasteiger partial charge in [-0.05, 0) is 25.1 Å². The number of alkyl halides is 3. The monoisotopic (exact) mass is 436 g/mol. The Bertz CT molecular complexity index is 1130. The van der Waals surface area contributed by atoms with Gasteiger partial charge < -0.3 is 8.98 Å². The van der Waals surface area contributed by atoms with Crippen LogP contribution < -0.4 is 0 Å². The topological polar surface area (TPSA) is 56.7 Å². The Morgan fingerprint density at radius 2 is 1.90 bits per heavy atom. The fourth-order valence-corrected chi connectivity index (χ4v) is 4.47. The average Bonchev–Trinajstić information content (AvgIpc) is 3.40. The number of aryl methyl sites for hydroxylation is 1. The van der Waals surface area contributed by atoms with Crippen molar-refractivity contribution >= 4 is 23.1 Å². The number of furan rings is 1. The summed E-state index contributed by atoms with van der Waals surface area (Å²) >= 11 is 2.89. The van der Waals surface area contributed by atoms with Crippen molar-refractivity contribution in [1.29, 1.82) is 0 Å². The Hall–Kier alpha value is -2.59. The third kappa shape index (κ3) is 4.08. The van der Waals surface area contributed by atoms with Gasteiger partial charge in [0.25, 0.3) is 0 Å². The summed E-state index contributed by atoms with van der Waals surface area (Å²) in [4.78, 5) is 4.53. The highest BCUT2D eigenvalue weighted by atomic mass is 32.2. The van der Waals surface area contributed by atoms with Gasteiger partial charge in [-0.25, -0.2) is 4.98 Å². The van der Waals surface area contributed by atoms with Gasteiger partial charge in [0.1, 0.15) is 10.8 Å². The minimum absolute atomic E-state index is 0.577. The molecule has 5 nitrogen and oxygen atoms in total. The van der Waals surface area contributed by atoms with Gasteiger partial charge >= 0.3 is 6.18 Å². The van der Waals surface area contributed by atoms with Crippen molar-refractivity contribution in [3.63, 3.8) is 0 Å². The van der Waals surface area contributed by atoms with Gasteiger partial charge in [0.2, 0.25) is 0 Å². The zero-order valence-electron chi connectivity index (χ0n) is 15.4. The fraction of sp³-hybridized carbons (Fsp3) is 0.211. The third-order valence-electron chi connectivity index (χ3n) is 4.29. The molecule has 0 fully saturated rings. The maximum absolute atomic E-state index is 12.7. The molecule has 0 bridgehead atoms. The van der Waals surface area contributed by atoms with E-state index < -0.39 is 11.7 Å². The van der Waals surface area contributed by atoms with E-state index in [9.17, 15) is 13.2 Å². The van der Waals surface area contributed by atoms with E-state index in [0.717, 1.165) is 40.1 Å². The first-order chi connectivity index (χ1) is 13.8. The van der Waals surface area contributed by atoms with Crippen LogP contribution in [0.3, 0.4) is 0 Å². The van der Waals surface area contributed by atoms with E-state index in [1.54, 1.807) is 6.26 Å². The summed E-state index contributed by atoms with van der Waals surface area (Å²) in [5.41, 5.74) is 1.72. The standard InChI is InChI=1S/C19H15F3N4OS2/c1-11-15(7-8-27-11)16-24-25-18(26(16)2)29-10-14-9-28-17(23-14)12-3-5-13(6-4-12)19(20,21)22/h3-9H,10H2,1-2H3. The number of thiazole rings is 1. The molecule has 0 N–H and O–H groups in total.